The van der Waals surface area contributed by atoms with Gasteiger partial charge in [0, 0.05) is 19.6 Å². The maximum atomic E-state index is 12.8. The molecule has 0 atom stereocenters. The Morgan fingerprint density at radius 1 is 1.09 bits per heavy atom. The number of alkyl carbamates (subject to hydrolysis) is 1. The minimum Gasteiger partial charge on any atom is -0.480 e. The first-order valence-corrected chi connectivity index (χ1v) is 11.0. The second-order valence-corrected chi connectivity index (χ2v) is 7.97. The normalized spacial score (nSPS) is 12.0. The molecule has 0 aliphatic heterocycles. The van der Waals surface area contributed by atoms with Gasteiger partial charge in [-0.1, -0.05) is 53.7 Å². The van der Waals surface area contributed by atoms with Gasteiger partial charge in [-0.15, -0.1) is 0 Å². The molecule has 35 heavy (non-hydrogen) atoms. The second kappa shape index (κ2) is 10.8. The predicted octanol–water partition coefficient (Wildman–Crippen LogP) is 2.89. The highest BCUT2D eigenvalue weighted by molar-refractivity contribution is 5.96. The largest absolute Gasteiger partial charge is 0.480 e. The minimum atomic E-state index is -1.16. The van der Waals surface area contributed by atoms with Gasteiger partial charge in [0.15, 0.2) is 0 Å². The van der Waals surface area contributed by atoms with Crippen LogP contribution in [0.1, 0.15) is 33.1 Å². The molecule has 0 bridgehead atoms. The number of carboxylic acid groups (broad SMARTS) is 1. The molecular formula is C25H25N3O7. The third kappa shape index (κ3) is 5.33. The Bertz CT molecular complexity index is 1180. The molecule has 182 valence electrons. The molecular weight excluding hydrogens is 454 g/mol. The number of aromatic nitrogens is 1. The van der Waals surface area contributed by atoms with Crippen LogP contribution in [-0.4, -0.2) is 66.5 Å². The number of ether oxygens (including phenoxy) is 2. The Morgan fingerprint density at radius 3 is 2.37 bits per heavy atom. The van der Waals surface area contributed by atoms with E-state index in [0.717, 1.165) is 33.4 Å². The average Bonchev–Trinajstić information content (AvgIpc) is 3.46. The van der Waals surface area contributed by atoms with Gasteiger partial charge in [0.25, 0.3) is 5.91 Å². The first-order chi connectivity index (χ1) is 17.0. The van der Waals surface area contributed by atoms with Crippen LogP contribution in [0.25, 0.3) is 11.1 Å². The molecule has 1 heterocycles. The quantitative estimate of drug-likeness (QED) is 0.454. The molecule has 1 aliphatic carbocycles. The Hall–Kier alpha value is -4.18. The van der Waals surface area contributed by atoms with Crippen LogP contribution in [0.5, 0.6) is 0 Å². The van der Waals surface area contributed by atoms with Gasteiger partial charge in [0.1, 0.15) is 30.7 Å². The van der Waals surface area contributed by atoms with Crippen LogP contribution in [0.3, 0.4) is 0 Å². The number of fused-ring (bicyclic) bond motifs is 3. The Kier molecular flexibility index (Phi) is 7.41. The molecule has 4 rings (SSSR count). The summed E-state index contributed by atoms with van der Waals surface area (Å²) in [6.45, 7) is -0.246. The van der Waals surface area contributed by atoms with E-state index in [1.54, 1.807) is 0 Å². The average molecular weight is 479 g/mol. The van der Waals surface area contributed by atoms with Gasteiger partial charge in [0.2, 0.25) is 0 Å². The van der Waals surface area contributed by atoms with E-state index in [2.05, 4.69) is 22.6 Å². The molecule has 2 amide bonds. The fourth-order valence-electron chi connectivity index (χ4n) is 4.15. The number of methoxy groups -OCH3 is 1. The van der Waals surface area contributed by atoms with E-state index in [1.165, 1.54) is 7.11 Å². The lowest BCUT2D eigenvalue weighted by Crippen LogP contribution is -2.38. The summed E-state index contributed by atoms with van der Waals surface area (Å²) in [5, 5.41) is 15.5. The molecule has 1 aromatic heterocycles. The summed E-state index contributed by atoms with van der Waals surface area (Å²) in [6.07, 6.45) is 0.452. The van der Waals surface area contributed by atoms with E-state index in [-0.39, 0.29) is 43.5 Å². The van der Waals surface area contributed by atoms with Crippen LogP contribution >= 0.6 is 0 Å². The summed E-state index contributed by atoms with van der Waals surface area (Å²) in [5.74, 6) is -1.83. The molecule has 3 aromatic rings. The smallest absolute Gasteiger partial charge is 0.407 e. The molecule has 10 nitrogen and oxygen atoms in total. The SMILES string of the molecule is COCCN(CC(=O)O)C(=O)c1conc1CNC(=O)OCC1c2ccccc2-c2ccccc21. The number of amides is 2. The first-order valence-electron chi connectivity index (χ1n) is 11.0. The van der Waals surface area contributed by atoms with Gasteiger partial charge in [-0.05, 0) is 22.3 Å². The van der Waals surface area contributed by atoms with E-state index in [0.29, 0.717) is 0 Å². The van der Waals surface area contributed by atoms with Gasteiger partial charge in [-0.2, -0.15) is 0 Å². The molecule has 2 N–H and O–H groups in total. The highest BCUT2D eigenvalue weighted by Gasteiger charge is 2.29. The van der Waals surface area contributed by atoms with E-state index < -0.39 is 24.5 Å². The summed E-state index contributed by atoms with van der Waals surface area (Å²) in [7, 11) is 1.45. The summed E-state index contributed by atoms with van der Waals surface area (Å²) < 4.78 is 15.3. The molecule has 10 heteroatoms. The van der Waals surface area contributed by atoms with Gasteiger partial charge in [0.05, 0.1) is 13.2 Å². The topological polar surface area (TPSA) is 131 Å². The number of nitrogens with zero attached hydrogens (tertiary/aromatic N) is 2. The number of carboxylic acids is 1. The van der Waals surface area contributed by atoms with Gasteiger partial charge >= 0.3 is 12.1 Å². The van der Waals surface area contributed by atoms with Crippen molar-refractivity contribution in [1.82, 2.24) is 15.4 Å². The van der Waals surface area contributed by atoms with Crippen molar-refractivity contribution in [3.05, 3.63) is 77.2 Å². The van der Waals surface area contributed by atoms with E-state index in [9.17, 15) is 14.4 Å². The molecule has 2 aromatic carbocycles. The molecule has 0 saturated heterocycles. The first kappa shape index (κ1) is 24.0. The van der Waals surface area contributed by atoms with Crippen LogP contribution in [0.2, 0.25) is 0 Å². The van der Waals surface area contributed by atoms with E-state index in [1.807, 2.05) is 36.4 Å². The maximum Gasteiger partial charge on any atom is 0.407 e. The van der Waals surface area contributed by atoms with Crippen LogP contribution in [-0.2, 0) is 20.8 Å². The minimum absolute atomic E-state index is 0.0568. The lowest BCUT2D eigenvalue weighted by molar-refractivity contribution is -0.137. The Labute approximate surface area is 201 Å². The molecule has 1 aliphatic rings. The number of nitrogens with one attached hydrogen (secondary N) is 1. The lowest BCUT2D eigenvalue weighted by atomic mass is 9.98. The number of hydrogen-bond donors (Lipinski definition) is 2. The number of hydrogen-bond acceptors (Lipinski definition) is 7. The summed E-state index contributed by atoms with van der Waals surface area (Å²) in [4.78, 5) is 37.5. The number of carbonyl (C=O) groups excluding carboxylic acids is 2. The van der Waals surface area contributed by atoms with Gasteiger partial charge < -0.3 is 29.3 Å². The standard InChI is InChI=1S/C25H25N3O7/c1-33-11-10-28(13-23(29)30)24(31)21-15-35-27-22(21)12-26-25(32)34-14-20-18-8-4-2-6-16(18)17-7-3-5-9-19(17)20/h2-9,15,20H,10-14H2,1H3,(H,26,32)(H,29,30). The monoisotopic (exact) mass is 479 g/mol. The van der Waals surface area contributed by atoms with Crippen molar-refractivity contribution in [3.63, 3.8) is 0 Å². The van der Waals surface area contributed by atoms with Crippen molar-refractivity contribution in [1.29, 1.82) is 0 Å². The number of rotatable bonds is 10. The summed E-state index contributed by atoms with van der Waals surface area (Å²) >= 11 is 0. The lowest BCUT2D eigenvalue weighted by Gasteiger charge is -2.19. The number of carbonyl (C=O) groups is 3. The maximum absolute atomic E-state index is 12.8. The molecule has 0 unspecified atom stereocenters. The number of benzene rings is 2. The molecule has 0 saturated carbocycles. The van der Waals surface area contributed by atoms with Crippen LogP contribution in [0.15, 0.2) is 59.3 Å². The highest BCUT2D eigenvalue weighted by atomic mass is 16.5. The second-order valence-electron chi connectivity index (χ2n) is 7.97. The zero-order valence-electron chi connectivity index (χ0n) is 19.1. The fraction of sp³-hybridized carbons (Fsp3) is 0.280. The zero-order chi connectivity index (χ0) is 24.8. The van der Waals surface area contributed by atoms with Crippen LogP contribution < -0.4 is 5.32 Å². The third-order valence-electron chi connectivity index (χ3n) is 5.80. The summed E-state index contributed by atoms with van der Waals surface area (Å²) in [6, 6.07) is 16.0. The van der Waals surface area contributed by atoms with Crippen LogP contribution in [0, 0.1) is 0 Å². The molecule has 0 fully saturated rings. The van der Waals surface area contributed by atoms with Crippen LogP contribution in [0.4, 0.5) is 4.79 Å². The van der Waals surface area contributed by atoms with Crippen molar-refractivity contribution in [2.75, 3.05) is 33.4 Å². The molecule has 0 radical (unpaired) electrons. The Balaban J connectivity index is 1.37. The highest BCUT2D eigenvalue weighted by Crippen LogP contribution is 2.44. The van der Waals surface area contributed by atoms with Crippen molar-refractivity contribution < 1.29 is 33.5 Å². The predicted molar refractivity (Wildman–Crippen MR) is 124 cm³/mol. The summed E-state index contributed by atoms with van der Waals surface area (Å²) in [5.41, 5.74) is 4.67. The number of aliphatic carboxylic acids is 1. The van der Waals surface area contributed by atoms with Crippen molar-refractivity contribution in [3.8, 4) is 11.1 Å². The third-order valence-corrected chi connectivity index (χ3v) is 5.80. The van der Waals surface area contributed by atoms with Crippen molar-refractivity contribution >= 4 is 18.0 Å². The zero-order valence-corrected chi connectivity index (χ0v) is 19.1. The van der Waals surface area contributed by atoms with E-state index >= 15 is 0 Å². The van der Waals surface area contributed by atoms with E-state index in [4.69, 9.17) is 19.1 Å². The fourth-order valence-corrected chi connectivity index (χ4v) is 4.15. The van der Waals surface area contributed by atoms with Gasteiger partial charge in [-0.3, -0.25) is 9.59 Å². The van der Waals surface area contributed by atoms with Crippen molar-refractivity contribution in [2.45, 2.75) is 12.5 Å². The molecule has 0 spiro atoms. The van der Waals surface area contributed by atoms with Gasteiger partial charge in [-0.25, -0.2) is 4.79 Å². The Morgan fingerprint density at radius 2 is 1.74 bits per heavy atom. The van der Waals surface area contributed by atoms with Crippen molar-refractivity contribution in [2.24, 2.45) is 0 Å².